The molecule has 0 aliphatic heterocycles. The second-order valence-corrected chi connectivity index (χ2v) is 6.48. The maximum Gasteiger partial charge on any atom is 0.262 e. The van der Waals surface area contributed by atoms with Crippen LogP contribution < -0.4 is 11.1 Å². The van der Waals surface area contributed by atoms with Gasteiger partial charge in [0, 0.05) is 27.2 Å². The van der Waals surface area contributed by atoms with Crippen LogP contribution in [0.4, 0.5) is 0 Å². The molecule has 6 nitrogen and oxygen atoms in total. The Morgan fingerprint density at radius 2 is 2.18 bits per heavy atom. The first kappa shape index (κ1) is 14.1. The van der Waals surface area contributed by atoms with Crippen LogP contribution >= 0.6 is 11.3 Å². The highest BCUT2D eigenvalue weighted by Gasteiger charge is 2.25. The zero-order valence-corrected chi connectivity index (χ0v) is 11.3. The zero-order chi connectivity index (χ0) is 13.1. The number of rotatable bonds is 5. The fraction of sp³-hybridized carbons (Fsp3) is 0.444. The van der Waals surface area contributed by atoms with Crippen LogP contribution in [0.3, 0.4) is 0 Å². The molecule has 1 aromatic rings. The van der Waals surface area contributed by atoms with Crippen LogP contribution in [-0.2, 0) is 10.0 Å². The molecular formula is C9H15N3O3S2. The number of nitrogens with zero attached hydrogens (tertiary/aromatic N) is 1. The predicted molar refractivity (Wildman–Crippen MR) is 66.6 cm³/mol. The largest absolute Gasteiger partial charge is 0.350 e. The van der Waals surface area contributed by atoms with Gasteiger partial charge in [0.25, 0.3) is 5.91 Å². The number of carbonyl (C=O) groups excluding carboxylic acids is 1. The van der Waals surface area contributed by atoms with Crippen molar-refractivity contribution in [1.29, 1.82) is 0 Å². The summed E-state index contributed by atoms with van der Waals surface area (Å²) in [5.41, 5.74) is 5.26. The highest BCUT2D eigenvalue weighted by atomic mass is 32.2. The normalized spacial score (nSPS) is 11.8. The van der Waals surface area contributed by atoms with Crippen LogP contribution in [0, 0.1) is 0 Å². The van der Waals surface area contributed by atoms with E-state index in [0.717, 1.165) is 15.6 Å². The number of carbonyl (C=O) groups is 1. The van der Waals surface area contributed by atoms with Crippen molar-refractivity contribution < 1.29 is 13.2 Å². The summed E-state index contributed by atoms with van der Waals surface area (Å²) in [6, 6.07) is 1.43. The third-order valence-corrected chi connectivity index (χ3v) is 4.92. The van der Waals surface area contributed by atoms with E-state index in [1.165, 1.54) is 20.2 Å². The summed E-state index contributed by atoms with van der Waals surface area (Å²) >= 11 is 1.09. The minimum atomic E-state index is -3.58. The zero-order valence-electron chi connectivity index (χ0n) is 9.63. The first-order valence-electron chi connectivity index (χ1n) is 4.89. The SMILES string of the molecule is CN(C)S(=O)(=O)c1ccsc1C(=O)NCCN. The van der Waals surface area contributed by atoms with E-state index in [1.807, 2.05) is 0 Å². The lowest BCUT2D eigenvalue weighted by Gasteiger charge is -2.11. The Balaban J connectivity index is 3.06. The topological polar surface area (TPSA) is 92.5 Å². The highest BCUT2D eigenvalue weighted by Crippen LogP contribution is 2.23. The van der Waals surface area contributed by atoms with Crippen LogP contribution in [-0.4, -0.2) is 45.8 Å². The number of nitrogens with one attached hydrogen (secondary N) is 1. The Hall–Kier alpha value is -0.960. The summed E-state index contributed by atoms with van der Waals surface area (Å²) in [7, 11) is -0.732. The van der Waals surface area contributed by atoms with Gasteiger partial charge < -0.3 is 11.1 Å². The molecule has 96 valence electrons. The van der Waals surface area contributed by atoms with Gasteiger partial charge in [-0.3, -0.25) is 4.79 Å². The third-order valence-electron chi connectivity index (χ3n) is 2.02. The van der Waals surface area contributed by atoms with Crippen LogP contribution in [0.1, 0.15) is 9.67 Å². The van der Waals surface area contributed by atoms with Crippen molar-refractivity contribution in [3.05, 3.63) is 16.3 Å². The van der Waals surface area contributed by atoms with Gasteiger partial charge in [-0.25, -0.2) is 12.7 Å². The molecule has 17 heavy (non-hydrogen) atoms. The van der Waals surface area contributed by atoms with Crippen molar-refractivity contribution in [3.8, 4) is 0 Å². The fourth-order valence-electron chi connectivity index (χ4n) is 1.13. The van der Waals surface area contributed by atoms with Crippen molar-refractivity contribution in [3.63, 3.8) is 0 Å². The van der Waals surface area contributed by atoms with Gasteiger partial charge in [0.15, 0.2) is 0 Å². The maximum atomic E-state index is 11.9. The monoisotopic (exact) mass is 277 g/mol. The van der Waals surface area contributed by atoms with Gasteiger partial charge in [-0.05, 0) is 11.4 Å². The molecule has 0 aliphatic carbocycles. The molecule has 0 spiro atoms. The average molecular weight is 277 g/mol. The highest BCUT2D eigenvalue weighted by molar-refractivity contribution is 7.89. The summed E-state index contributed by atoms with van der Waals surface area (Å²) in [6.07, 6.45) is 0. The third kappa shape index (κ3) is 3.03. The first-order chi connectivity index (χ1) is 7.91. The van der Waals surface area contributed by atoms with Gasteiger partial charge in [-0.15, -0.1) is 11.3 Å². The molecule has 0 saturated carbocycles. The molecule has 0 saturated heterocycles. The molecule has 0 aromatic carbocycles. The van der Waals surface area contributed by atoms with Crippen molar-refractivity contribution >= 4 is 27.3 Å². The number of thiophene rings is 1. The van der Waals surface area contributed by atoms with Crippen molar-refractivity contribution in [2.75, 3.05) is 27.2 Å². The summed E-state index contributed by atoms with van der Waals surface area (Å²) in [4.78, 5) is 11.9. The van der Waals surface area contributed by atoms with Gasteiger partial charge >= 0.3 is 0 Å². The van der Waals surface area contributed by atoms with Gasteiger partial charge in [0.1, 0.15) is 9.77 Å². The predicted octanol–water partition coefficient (Wildman–Crippen LogP) is -0.313. The number of hydrogen-bond donors (Lipinski definition) is 2. The van der Waals surface area contributed by atoms with Crippen LogP contribution in [0.15, 0.2) is 16.3 Å². The van der Waals surface area contributed by atoms with Gasteiger partial charge in [0.2, 0.25) is 10.0 Å². The lowest BCUT2D eigenvalue weighted by Crippen LogP contribution is -2.30. The smallest absolute Gasteiger partial charge is 0.262 e. The average Bonchev–Trinajstić information content (AvgIpc) is 2.74. The van der Waals surface area contributed by atoms with E-state index in [0.29, 0.717) is 13.1 Å². The Kier molecular flexibility index (Phi) is 4.63. The molecular weight excluding hydrogens is 262 g/mol. The van der Waals surface area contributed by atoms with Crippen LogP contribution in [0.25, 0.3) is 0 Å². The number of hydrogen-bond acceptors (Lipinski definition) is 5. The summed E-state index contributed by atoms with van der Waals surface area (Å²) in [5.74, 6) is -0.411. The fourth-order valence-corrected chi connectivity index (χ4v) is 3.34. The Morgan fingerprint density at radius 1 is 1.53 bits per heavy atom. The molecule has 1 rings (SSSR count). The molecule has 0 radical (unpaired) electrons. The van der Waals surface area contributed by atoms with E-state index >= 15 is 0 Å². The van der Waals surface area contributed by atoms with Crippen LogP contribution in [0.5, 0.6) is 0 Å². The maximum absolute atomic E-state index is 11.9. The van der Waals surface area contributed by atoms with E-state index in [-0.39, 0.29) is 9.77 Å². The quantitative estimate of drug-likeness (QED) is 0.772. The lowest BCUT2D eigenvalue weighted by molar-refractivity contribution is 0.0955. The summed E-state index contributed by atoms with van der Waals surface area (Å²) in [5, 5.41) is 4.13. The summed E-state index contributed by atoms with van der Waals surface area (Å²) < 4.78 is 24.9. The Bertz CT molecular complexity index is 493. The molecule has 8 heteroatoms. The van der Waals surface area contributed by atoms with E-state index in [2.05, 4.69) is 5.32 Å². The van der Waals surface area contributed by atoms with E-state index < -0.39 is 15.9 Å². The molecule has 0 atom stereocenters. The molecule has 3 N–H and O–H groups in total. The molecule has 0 unspecified atom stereocenters. The molecule has 0 fully saturated rings. The van der Waals surface area contributed by atoms with E-state index in [4.69, 9.17) is 5.73 Å². The van der Waals surface area contributed by atoms with E-state index in [1.54, 1.807) is 5.38 Å². The summed E-state index contributed by atoms with van der Waals surface area (Å²) in [6.45, 7) is 0.630. The molecule has 1 heterocycles. The van der Waals surface area contributed by atoms with E-state index in [9.17, 15) is 13.2 Å². The first-order valence-corrected chi connectivity index (χ1v) is 7.21. The lowest BCUT2D eigenvalue weighted by atomic mass is 10.4. The standard InChI is InChI=1S/C9H15N3O3S2/c1-12(2)17(14,15)7-3-6-16-8(7)9(13)11-5-4-10/h3,6H,4-5,10H2,1-2H3,(H,11,13). The van der Waals surface area contributed by atoms with Gasteiger partial charge in [0.05, 0.1) is 0 Å². The minimum absolute atomic E-state index is 0.0296. The Labute approximate surface area is 104 Å². The minimum Gasteiger partial charge on any atom is -0.350 e. The van der Waals surface area contributed by atoms with Gasteiger partial charge in [-0.2, -0.15) is 0 Å². The second-order valence-electron chi connectivity index (χ2n) is 3.45. The number of nitrogens with two attached hydrogens (primary N) is 1. The molecule has 0 bridgehead atoms. The van der Waals surface area contributed by atoms with Crippen LogP contribution in [0.2, 0.25) is 0 Å². The van der Waals surface area contributed by atoms with Crippen molar-refractivity contribution in [2.24, 2.45) is 5.73 Å². The van der Waals surface area contributed by atoms with Crippen molar-refractivity contribution in [2.45, 2.75) is 4.90 Å². The van der Waals surface area contributed by atoms with Crippen molar-refractivity contribution in [1.82, 2.24) is 9.62 Å². The second kappa shape index (κ2) is 5.58. The molecule has 1 aromatic heterocycles. The Morgan fingerprint density at radius 3 is 2.71 bits per heavy atom. The van der Waals surface area contributed by atoms with Gasteiger partial charge in [-0.1, -0.05) is 0 Å². The number of amides is 1. The molecule has 1 amide bonds. The molecule has 0 aliphatic rings. The number of sulfonamides is 1.